The van der Waals surface area contributed by atoms with E-state index in [1.807, 2.05) is 4.90 Å². The molecule has 6 rings (SSSR count). The number of benzene rings is 1. The van der Waals surface area contributed by atoms with Gasteiger partial charge in [-0.2, -0.15) is 13.2 Å². The van der Waals surface area contributed by atoms with E-state index in [9.17, 15) is 18.0 Å². The smallest absolute Gasteiger partial charge is 0.379 e. The summed E-state index contributed by atoms with van der Waals surface area (Å²) in [5.41, 5.74) is -0.586. The number of nitrogens with zero attached hydrogens (tertiary/aromatic N) is 3. The molecule has 0 N–H and O–H groups in total. The second-order valence-corrected chi connectivity index (χ2v) is 12.4. The van der Waals surface area contributed by atoms with E-state index < -0.39 is 11.7 Å². The predicted octanol–water partition coefficient (Wildman–Crippen LogP) is 4.83. The van der Waals surface area contributed by atoms with Crippen molar-refractivity contribution in [3.8, 4) is 0 Å². The summed E-state index contributed by atoms with van der Waals surface area (Å²) >= 11 is 5.85. The zero-order chi connectivity index (χ0) is 26.8. The Bertz CT molecular complexity index is 1070. The van der Waals surface area contributed by atoms with Crippen molar-refractivity contribution in [1.82, 2.24) is 9.80 Å². The van der Waals surface area contributed by atoms with Crippen LogP contribution in [0.3, 0.4) is 0 Å². The molecule has 10 heteroatoms. The summed E-state index contributed by atoms with van der Waals surface area (Å²) in [7, 11) is 3.93. The molecule has 2 bridgehead atoms. The molecule has 2 saturated carbocycles. The topological polar surface area (TPSA) is 45.3 Å². The number of hydrogen-bond donors (Lipinski definition) is 0. The van der Waals surface area contributed by atoms with Crippen LogP contribution in [0.15, 0.2) is 18.2 Å². The fourth-order valence-electron chi connectivity index (χ4n) is 8.36. The van der Waals surface area contributed by atoms with Gasteiger partial charge in [0.05, 0.1) is 34.8 Å². The first kappa shape index (κ1) is 26.7. The highest BCUT2D eigenvalue weighted by molar-refractivity contribution is 6.31. The molecule has 6 nitrogen and oxygen atoms in total. The van der Waals surface area contributed by atoms with Crippen molar-refractivity contribution in [3.05, 3.63) is 28.8 Å². The molecule has 2 aliphatic carbocycles. The quantitative estimate of drug-likeness (QED) is 0.521. The van der Waals surface area contributed by atoms with Gasteiger partial charge in [-0.1, -0.05) is 18.0 Å². The van der Waals surface area contributed by atoms with Gasteiger partial charge in [-0.15, -0.1) is 0 Å². The minimum Gasteiger partial charge on any atom is -0.379 e. The summed E-state index contributed by atoms with van der Waals surface area (Å²) < 4.78 is 51.7. The summed E-state index contributed by atoms with van der Waals surface area (Å²) in [5.74, 6) is 0.675. The van der Waals surface area contributed by atoms with Crippen LogP contribution in [0.4, 0.5) is 18.9 Å². The first-order valence-electron chi connectivity index (χ1n) is 13.9. The molecule has 0 spiro atoms. The first-order chi connectivity index (χ1) is 18.1. The summed E-state index contributed by atoms with van der Waals surface area (Å²) in [4.78, 5) is 20.8. The summed E-state index contributed by atoms with van der Waals surface area (Å²) in [6.45, 7) is 2.49. The minimum atomic E-state index is -4.50. The average Bonchev–Trinajstić information content (AvgIpc) is 3.67. The Morgan fingerprint density at radius 3 is 2.74 bits per heavy atom. The number of methoxy groups -OCH3 is 1. The molecule has 1 aromatic rings. The summed E-state index contributed by atoms with van der Waals surface area (Å²) in [5, 5.41) is -0.285. The molecule has 210 valence electrons. The van der Waals surface area contributed by atoms with E-state index in [-0.39, 0.29) is 34.5 Å². The number of likely N-dealkylation sites (N-methyl/N-ethyl adjacent to an activating group) is 1. The molecule has 3 heterocycles. The number of halogens is 4. The molecule has 5 fully saturated rings. The molecule has 7 atom stereocenters. The zero-order valence-electron chi connectivity index (χ0n) is 22.1. The van der Waals surface area contributed by atoms with Gasteiger partial charge >= 0.3 is 6.18 Å². The maximum absolute atomic E-state index is 14.3. The van der Waals surface area contributed by atoms with E-state index in [0.717, 1.165) is 57.6 Å². The van der Waals surface area contributed by atoms with Gasteiger partial charge in [-0.3, -0.25) is 9.69 Å². The van der Waals surface area contributed by atoms with E-state index in [2.05, 4.69) is 16.8 Å². The number of ether oxygens (including phenoxy) is 2. The van der Waals surface area contributed by atoms with Crippen molar-refractivity contribution in [2.75, 3.05) is 45.4 Å². The van der Waals surface area contributed by atoms with E-state index in [4.69, 9.17) is 21.1 Å². The number of carbonyl (C=O) groups is 1. The molecule has 0 radical (unpaired) electrons. The Hall–Kier alpha value is -1.55. The van der Waals surface area contributed by atoms with Crippen LogP contribution in [-0.4, -0.2) is 86.4 Å². The van der Waals surface area contributed by atoms with Crippen molar-refractivity contribution >= 4 is 23.2 Å². The van der Waals surface area contributed by atoms with E-state index in [1.54, 1.807) is 13.2 Å². The molecule has 3 aliphatic heterocycles. The molecule has 0 unspecified atom stereocenters. The summed E-state index contributed by atoms with van der Waals surface area (Å²) in [6, 6.07) is 4.86. The van der Waals surface area contributed by atoms with Crippen LogP contribution in [0.25, 0.3) is 0 Å². The van der Waals surface area contributed by atoms with E-state index in [1.165, 1.54) is 6.07 Å². The van der Waals surface area contributed by atoms with Crippen LogP contribution in [-0.2, 0) is 20.4 Å². The van der Waals surface area contributed by atoms with Gasteiger partial charge in [-0.25, -0.2) is 0 Å². The van der Waals surface area contributed by atoms with Crippen LogP contribution >= 0.6 is 11.6 Å². The molecule has 3 saturated heterocycles. The fraction of sp³-hybridized carbons (Fsp3) is 0.750. The lowest BCUT2D eigenvalue weighted by Crippen LogP contribution is -2.54. The average molecular weight is 556 g/mol. The molecule has 1 aromatic carbocycles. The van der Waals surface area contributed by atoms with Gasteiger partial charge in [0.2, 0.25) is 5.91 Å². The number of rotatable bonds is 5. The third-order valence-corrected chi connectivity index (χ3v) is 10.6. The van der Waals surface area contributed by atoms with Gasteiger partial charge in [0.25, 0.3) is 0 Å². The monoisotopic (exact) mass is 555 g/mol. The van der Waals surface area contributed by atoms with Crippen molar-refractivity contribution < 1.29 is 27.4 Å². The number of carbonyl (C=O) groups excluding carboxylic acids is 1. The van der Waals surface area contributed by atoms with Crippen molar-refractivity contribution in [2.24, 2.45) is 11.3 Å². The standard InChI is InChI=1S/C28H37ClF3N3O3/c1-33(24-7-9-38-16-25(24)37-2)19-10-17-4-3-8-27(17,13-19)26(36)35-15-20-11-21(35)14-34(20)18-5-6-23(29)22(12-18)28(30,31)32/h5-6,12,17,19-21,24-25H,3-4,7-11,13-16H2,1-2H3/t17-,19-,20-,21+,24+,25-,27-/m1/s1. The Morgan fingerprint density at radius 1 is 1.21 bits per heavy atom. The number of alkyl halides is 3. The van der Waals surface area contributed by atoms with Crippen molar-refractivity contribution in [2.45, 2.75) is 81.4 Å². The number of likely N-dealkylation sites (tertiary alicyclic amines) is 1. The lowest BCUT2D eigenvalue weighted by molar-refractivity contribution is -0.145. The Morgan fingerprint density at radius 2 is 2.03 bits per heavy atom. The first-order valence-corrected chi connectivity index (χ1v) is 14.3. The molecular weight excluding hydrogens is 519 g/mol. The number of fused-ring (bicyclic) bond motifs is 3. The lowest BCUT2D eigenvalue weighted by Gasteiger charge is -2.42. The lowest BCUT2D eigenvalue weighted by atomic mass is 9.78. The molecular formula is C28H37ClF3N3O3. The van der Waals surface area contributed by atoms with Crippen molar-refractivity contribution in [3.63, 3.8) is 0 Å². The minimum absolute atomic E-state index is 0.0343. The maximum atomic E-state index is 14.3. The van der Waals surface area contributed by atoms with Crippen LogP contribution < -0.4 is 4.90 Å². The van der Waals surface area contributed by atoms with Crippen molar-refractivity contribution in [1.29, 1.82) is 0 Å². The van der Waals surface area contributed by atoms with E-state index in [0.29, 0.717) is 43.4 Å². The molecule has 0 aromatic heterocycles. The van der Waals surface area contributed by atoms with E-state index >= 15 is 0 Å². The largest absolute Gasteiger partial charge is 0.417 e. The molecule has 1 amide bonds. The van der Waals surface area contributed by atoms with Gasteiger partial charge in [0.1, 0.15) is 0 Å². The third kappa shape index (κ3) is 4.32. The normalized spacial score (nSPS) is 36.9. The van der Waals surface area contributed by atoms with Gasteiger partial charge in [-0.05, 0) is 69.7 Å². The summed E-state index contributed by atoms with van der Waals surface area (Å²) in [6.07, 6.45) is 2.32. The number of amides is 1. The number of piperazine rings is 1. The highest BCUT2D eigenvalue weighted by atomic mass is 35.5. The molecule has 5 aliphatic rings. The maximum Gasteiger partial charge on any atom is 0.417 e. The van der Waals surface area contributed by atoms with Gasteiger partial charge in [0.15, 0.2) is 0 Å². The van der Waals surface area contributed by atoms with Crippen LogP contribution in [0, 0.1) is 11.3 Å². The van der Waals surface area contributed by atoms with Gasteiger partial charge < -0.3 is 19.3 Å². The number of anilines is 1. The second kappa shape index (κ2) is 9.82. The third-order valence-electron chi connectivity index (χ3n) is 10.3. The fourth-order valence-corrected chi connectivity index (χ4v) is 8.58. The molecule has 38 heavy (non-hydrogen) atoms. The number of hydrogen-bond acceptors (Lipinski definition) is 5. The highest BCUT2D eigenvalue weighted by Crippen LogP contribution is 2.57. The second-order valence-electron chi connectivity index (χ2n) is 12.0. The zero-order valence-corrected chi connectivity index (χ0v) is 22.8. The van der Waals surface area contributed by atoms with Crippen LogP contribution in [0.5, 0.6) is 0 Å². The highest BCUT2D eigenvalue weighted by Gasteiger charge is 2.59. The Kier molecular flexibility index (Phi) is 6.89. The predicted molar refractivity (Wildman–Crippen MR) is 138 cm³/mol. The van der Waals surface area contributed by atoms with Crippen LogP contribution in [0.2, 0.25) is 5.02 Å². The van der Waals surface area contributed by atoms with Gasteiger partial charge in [0, 0.05) is 50.6 Å². The van der Waals surface area contributed by atoms with Crippen LogP contribution in [0.1, 0.15) is 50.5 Å². The Balaban J connectivity index is 1.16. The SMILES string of the molecule is CO[C@@H]1COCC[C@@H]1N(C)[C@@H]1C[C@H]2CCC[C@@]2(C(=O)N2C[C@H]3C[C@H]2CN3c2ccc(Cl)c(C(F)(F)F)c2)C1. The Labute approximate surface area is 227 Å².